The van der Waals surface area contributed by atoms with Gasteiger partial charge in [-0.3, -0.25) is 4.79 Å². The predicted molar refractivity (Wildman–Crippen MR) is 56.2 cm³/mol. The van der Waals surface area contributed by atoms with Crippen LogP contribution in [-0.2, 0) is 4.79 Å². The van der Waals surface area contributed by atoms with E-state index in [1.807, 2.05) is 0 Å². The summed E-state index contributed by atoms with van der Waals surface area (Å²) in [5, 5.41) is 9.41. The van der Waals surface area contributed by atoms with Crippen LogP contribution in [0.4, 0.5) is 0 Å². The molecule has 3 rings (SSSR count). The summed E-state index contributed by atoms with van der Waals surface area (Å²) >= 11 is 0. The number of carboxylic acids is 1. The van der Waals surface area contributed by atoms with Crippen LogP contribution in [0.3, 0.4) is 0 Å². The molecule has 3 bridgehead atoms. The Hall–Kier alpha value is -0.570. The summed E-state index contributed by atoms with van der Waals surface area (Å²) in [4.78, 5) is 11.4. The molecule has 3 N–H and O–H groups in total. The maximum absolute atomic E-state index is 11.4. The van der Waals surface area contributed by atoms with Gasteiger partial charge in [0.1, 0.15) is 0 Å². The topological polar surface area (TPSA) is 63.3 Å². The Labute approximate surface area is 90.0 Å². The number of nitrogens with two attached hydrogens (primary N) is 1. The first kappa shape index (κ1) is 9.64. The molecular formula is C12H19NO2. The van der Waals surface area contributed by atoms with Gasteiger partial charge in [0.2, 0.25) is 0 Å². The van der Waals surface area contributed by atoms with E-state index >= 15 is 0 Å². The number of rotatable bonds is 1. The fourth-order valence-corrected chi connectivity index (χ4v) is 4.56. The molecule has 3 saturated carbocycles. The van der Waals surface area contributed by atoms with Gasteiger partial charge in [0.05, 0.1) is 5.41 Å². The highest BCUT2D eigenvalue weighted by atomic mass is 16.4. The Kier molecular flexibility index (Phi) is 1.91. The van der Waals surface area contributed by atoms with Crippen LogP contribution in [0.2, 0.25) is 0 Å². The van der Waals surface area contributed by atoms with Gasteiger partial charge in [0.25, 0.3) is 0 Å². The molecule has 0 aromatic heterocycles. The Bertz CT molecular complexity index is 300. The van der Waals surface area contributed by atoms with Crippen LogP contribution in [0.25, 0.3) is 0 Å². The number of carbonyl (C=O) groups is 1. The Balaban J connectivity index is 1.93. The third kappa shape index (κ3) is 1.32. The molecule has 3 aliphatic carbocycles. The number of aliphatic carboxylic acids is 1. The van der Waals surface area contributed by atoms with Gasteiger partial charge in [-0.05, 0) is 56.3 Å². The molecule has 0 heterocycles. The summed E-state index contributed by atoms with van der Waals surface area (Å²) in [5.74, 6) is 1.30. The van der Waals surface area contributed by atoms with Crippen LogP contribution in [-0.4, -0.2) is 17.1 Å². The van der Waals surface area contributed by atoms with Gasteiger partial charge >= 0.3 is 5.97 Å². The van der Waals surface area contributed by atoms with E-state index in [0.717, 1.165) is 32.1 Å². The second-order valence-corrected chi connectivity index (χ2v) is 6.05. The smallest absolute Gasteiger partial charge is 0.309 e. The van der Waals surface area contributed by atoms with Gasteiger partial charge in [-0.1, -0.05) is 0 Å². The molecule has 0 spiro atoms. The molecule has 3 aliphatic rings. The zero-order valence-corrected chi connectivity index (χ0v) is 8.98. The third-order valence-electron chi connectivity index (χ3n) is 4.98. The molecule has 0 amide bonds. The fraction of sp³-hybridized carbons (Fsp3) is 0.917. The molecule has 3 fully saturated rings. The van der Waals surface area contributed by atoms with E-state index in [2.05, 4.69) is 0 Å². The van der Waals surface area contributed by atoms with Crippen molar-refractivity contribution in [2.45, 2.75) is 44.6 Å². The van der Waals surface area contributed by atoms with Crippen molar-refractivity contribution in [3.63, 3.8) is 0 Å². The third-order valence-corrected chi connectivity index (χ3v) is 4.98. The van der Waals surface area contributed by atoms with Gasteiger partial charge < -0.3 is 10.8 Å². The molecule has 0 radical (unpaired) electrons. The molecular weight excluding hydrogens is 190 g/mol. The lowest BCUT2D eigenvalue weighted by Gasteiger charge is -2.35. The molecule has 15 heavy (non-hydrogen) atoms. The minimum Gasteiger partial charge on any atom is -0.481 e. The lowest BCUT2D eigenvalue weighted by Crippen LogP contribution is -2.36. The molecule has 84 valence electrons. The molecule has 0 aliphatic heterocycles. The number of hydrogen-bond acceptors (Lipinski definition) is 2. The van der Waals surface area contributed by atoms with E-state index in [9.17, 15) is 9.90 Å². The highest BCUT2D eigenvalue weighted by molar-refractivity contribution is 5.75. The average Bonchev–Trinajstić information content (AvgIpc) is 2.32. The van der Waals surface area contributed by atoms with Crippen LogP contribution < -0.4 is 5.73 Å². The van der Waals surface area contributed by atoms with E-state index in [-0.39, 0.29) is 5.41 Å². The number of carboxylic acid groups (broad SMARTS) is 1. The van der Waals surface area contributed by atoms with E-state index in [1.54, 1.807) is 0 Å². The molecule has 3 nitrogen and oxygen atoms in total. The van der Waals surface area contributed by atoms with Crippen molar-refractivity contribution in [3.05, 3.63) is 0 Å². The molecule has 5 atom stereocenters. The van der Waals surface area contributed by atoms with Crippen molar-refractivity contribution in [1.29, 1.82) is 0 Å². The van der Waals surface area contributed by atoms with Crippen LogP contribution in [0.5, 0.6) is 0 Å². The van der Waals surface area contributed by atoms with E-state index < -0.39 is 5.97 Å². The van der Waals surface area contributed by atoms with E-state index in [4.69, 9.17) is 5.73 Å². The summed E-state index contributed by atoms with van der Waals surface area (Å²) in [5.41, 5.74) is 5.71. The van der Waals surface area contributed by atoms with Crippen LogP contribution in [0.15, 0.2) is 0 Å². The van der Waals surface area contributed by atoms with E-state index in [1.165, 1.54) is 6.42 Å². The second kappa shape index (κ2) is 2.97. The number of fused-ring (bicyclic) bond motifs is 2. The maximum Gasteiger partial charge on any atom is 0.309 e. The first-order valence-corrected chi connectivity index (χ1v) is 6.08. The van der Waals surface area contributed by atoms with Crippen LogP contribution >= 0.6 is 0 Å². The van der Waals surface area contributed by atoms with Gasteiger partial charge in [0, 0.05) is 6.04 Å². The molecule has 3 heteroatoms. The summed E-state index contributed by atoms with van der Waals surface area (Å²) in [7, 11) is 0. The molecule has 5 unspecified atom stereocenters. The first-order chi connectivity index (χ1) is 7.09. The van der Waals surface area contributed by atoms with Gasteiger partial charge in [-0.25, -0.2) is 0 Å². The van der Waals surface area contributed by atoms with Gasteiger partial charge in [0.15, 0.2) is 0 Å². The highest BCUT2D eigenvalue weighted by Crippen LogP contribution is 2.59. The molecule has 0 aromatic carbocycles. The van der Waals surface area contributed by atoms with Crippen molar-refractivity contribution in [2.24, 2.45) is 28.9 Å². The zero-order chi connectivity index (χ0) is 10.6. The molecule has 0 aromatic rings. The van der Waals surface area contributed by atoms with Crippen molar-refractivity contribution >= 4 is 5.97 Å². The quantitative estimate of drug-likeness (QED) is 0.689. The van der Waals surface area contributed by atoms with Gasteiger partial charge in [-0.15, -0.1) is 0 Å². The maximum atomic E-state index is 11.4. The average molecular weight is 209 g/mol. The Morgan fingerprint density at radius 3 is 2.47 bits per heavy atom. The Morgan fingerprint density at radius 2 is 1.80 bits per heavy atom. The predicted octanol–water partition coefficient (Wildman–Crippen LogP) is 1.61. The minimum atomic E-state index is -0.546. The minimum absolute atomic E-state index is 0.329. The van der Waals surface area contributed by atoms with Crippen molar-refractivity contribution in [2.75, 3.05) is 0 Å². The van der Waals surface area contributed by atoms with E-state index in [0.29, 0.717) is 23.8 Å². The summed E-state index contributed by atoms with van der Waals surface area (Å²) in [6.45, 7) is 0. The van der Waals surface area contributed by atoms with Crippen molar-refractivity contribution in [1.82, 2.24) is 0 Å². The van der Waals surface area contributed by atoms with Crippen LogP contribution in [0, 0.1) is 23.2 Å². The SMILES string of the molecule is NC1CC2CC3CC(C(=O)O)(C2)CC3C1. The fourth-order valence-electron chi connectivity index (χ4n) is 4.56. The molecule has 0 saturated heterocycles. The first-order valence-electron chi connectivity index (χ1n) is 6.08. The normalized spacial score (nSPS) is 52.9. The standard InChI is InChI=1S/C12H19NO2/c13-10-2-7-1-8-5-12(4-7,11(14)15)6-9(8)3-10/h7-10H,1-6,13H2,(H,14,15). The lowest BCUT2D eigenvalue weighted by atomic mass is 9.69. The lowest BCUT2D eigenvalue weighted by molar-refractivity contribution is -0.151. The summed E-state index contributed by atoms with van der Waals surface area (Å²) < 4.78 is 0. The van der Waals surface area contributed by atoms with Crippen molar-refractivity contribution in [3.8, 4) is 0 Å². The summed E-state index contributed by atoms with van der Waals surface area (Å²) in [6.07, 6.45) is 6.09. The number of hydrogen-bond donors (Lipinski definition) is 2. The second-order valence-electron chi connectivity index (χ2n) is 6.05. The monoisotopic (exact) mass is 209 g/mol. The van der Waals surface area contributed by atoms with Crippen molar-refractivity contribution < 1.29 is 9.90 Å². The van der Waals surface area contributed by atoms with Crippen LogP contribution in [0.1, 0.15) is 38.5 Å². The summed E-state index contributed by atoms with van der Waals surface area (Å²) in [6, 6.07) is 0.329. The highest BCUT2D eigenvalue weighted by Gasteiger charge is 2.56. The zero-order valence-electron chi connectivity index (χ0n) is 8.98. The largest absolute Gasteiger partial charge is 0.481 e. The Morgan fingerprint density at radius 1 is 1.13 bits per heavy atom. The van der Waals surface area contributed by atoms with Gasteiger partial charge in [-0.2, -0.15) is 0 Å².